The molecular weight excluding hydrogens is 399 g/mol. The van der Waals surface area contributed by atoms with Crippen LogP contribution >= 0.6 is 23.2 Å². The van der Waals surface area contributed by atoms with E-state index in [1.54, 1.807) is 54.6 Å². The number of benzene rings is 3. The summed E-state index contributed by atoms with van der Waals surface area (Å²) in [5.74, 6) is -0.658. The Balaban J connectivity index is 1.71. The first-order valence-corrected chi connectivity index (χ1v) is 8.95. The molecule has 0 aromatic heterocycles. The van der Waals surface area contributed by atoms with Crippen LogP contribution in [-0.2, 0) is 0 Å². The summed E-state index contributed by atoms with van der Waals surface area (Å²) >= 11 is 11.8. The molecule has 3 aromatic rings. The maximum atomic E-state index is 12.2. The minimum atomic E-state index is -0.489. The van der Waals surface area contributed by atoms with Crippen molar-refractivity contribution in [3.63, 3.8) is 0 Å². The first-order chi connectivity index (χ1) is 13.5. The molecule has 140 valence electrons. The summed E-state index contributed by atoms with van der Waals surface area (Å²) in [5, 5.41) is 4.56. The van der Waals surface area contributed by atoms with Gasteiger partial charge in [0.15, 0.2) is 0 Å². The molecule has 0 aliphatic rings. The molecule has 5 nitrogen and oxygen atoms in total. The van der Waals surface area contributed by atoms with Gasteiger partial charge in [0, 0.05) is 10.6 Å². The first kappa shape index (κ1) is 19.6. The molecule has 0 fully saturated rings. The molecule has 3 aromatic carbocycles. The normalized spacial score (nSPS) is 10.6. The van der Waals surface area contributed by atoms with Crippen LogP contribution in [0, 0.1) is 0 Å². The second kappa shape index (κ2) is 9.17. The Bertz CT molecular complexity index is 1040. The van der Waals surface area contributed by atoms with Crippen LogP contribution in [0.3, 0.4) is 0 Å². The van der Waals surface area contributed by atoms with Crippen LogP contribution in [0.2, 0.25) is 10.0 Å². The summed E-state index contributed by atoms with van der Waals surface area (Å²) in [6.07, 6.45) is 1.38. The highest BCUT2D eigenvalue weighted by atomic mass is 35.5. The van der Waals surface area contributed by atoms with Crippen molar-refractivity contribution < 1.29 is 14.3 Å². The summed E-state index contributed by atoms with van der Waals surface area (Å²) in [7, 11) is 0. The quantitative estimate of drug-likeness (QED) is 0.278. The molecule has 0 radical (unpaired) electrons. The number of carbonyl (C=O) groups excluding carboxylic acids is 2. The van der Waals surface area contributed by atoms with Crippen molar-refractivity contribution in [2.45, 2.75) is 0 Å². The Morgan fingerprint density at radius 3 is 2.39 bits per heavy atom. The van der Waals surface area contributed by atoms with Crippen LogP contribution in [-0.4, -0.2) is 18.1 Å². The summed E-state index contributed by atoms with van der Waals surface area (Å²) in [6, 6.07) is 20.0. The standard InChI is InChI=1S/C21H14Cl2N2O3/c22-16-10-11-17(18(23)12-16)20(26)25-24-13-15-8-4-5-9-19(15)28-21(27)14-6-2-1-3-7-14/h1-13H,(H,25,26)/b24-13-. The maximum Gasteiger partial charge on any atom is 0.343 e. The van der Waals surface area contributed by atoms with Crippen LogP contribution in [0.4, 0.5) is 0 Å². The smallest absolute Gasteiger partial charge is 0.343 e. The lowest BCUT2D eigenvalue weighted by Gasteiger charge is -2.07. The van der Waals surface area contributed by atoms with Crippen LogP contribution in [0.5, 0.6) is 5.75 Å². The number of hydrogen-bond donors (Lipinski definition) is 1. The van der Waals surface area contributed by atoms with E-state index in [0.29, 0.717) is 21.9 Å². The van der Waals surface area contributed by atoms with Gasteiger partial charge in [0.05, 0.1) is 22.4 Å². The molecule has 0 atom stereocenters. The van der Waals surface area contributed by atoms with Crippen LogP contribution < -0.4 is 10.2 Å². The Hall–Kier alpha value is -3.15. The molecule has 0 bridgehead atoms. The molecule has 1 amide bonds. The molecule has 1 N–H and O–H groups in total. The third kappa shape index (κ3) is 4.97. The Morgan fingerprint density at radius 2 is 1.64 bits per heavy atom. The van der Waals surface area contributed by atoms with Crippen LogP contribution in [0.25, 0.3) is 0 Å². The zero-order valence-electron chi connectivity index (χ0n) is 14.4. The van der Waals surface area contributed by atoms with Gasteiger partial charge in [-0.25, -0.2) is 10.2 Å². The Morgan fingerprint density at radius 1 is 0.929 bits per heavy atom. The highest BCUT2D eigenvalue weighted by Crippen LogP contribution is 2.21. The van der Waals surface area contributed by atoms with E-state index in [1.807, 2.05) is 6.07 Å². The minimum absolute atomic E-state index is 0.220. The number of halogens is 2. The monoisotopic (exact) mass is 412 g/mol. The van der Waals surface area contributed by atoms with E-state index in [9.17, 15) is 9.59 Å². The van der Waals surface area contributed by atoms with Crippen molar-refractivity contribution in [2.24, 2.45) is 5.10 Å². The average Bonchev–Trinajstić information content (AvgIpc) is 2.69. The molecule has 0 spiro atoms. The molecule has 0 heterocycles. The number of ether oxygens (including phenoxy) is 1. The van der Waals surface area contributed by atoms with Gasteiger partial charge in [-0.15, -0.1) is 0 Å². The number of esters is 1. The van der Waals surface area contributed by atoms with Crippen molar-refractivity contribution >= 4 is 41.3 Å². The predicted octanol–water partition coefficient (Wildman–Crippen LogP) is 4.98. The highest BCUT2D eigenvalue weighted by molar-refractivity contribution is 6.36. The summed E-state index contributed by atoms with van der Waals surface area (Å²) < 4.78 is 5.43. The van der Waals surface area contributed by atoms with Gasteiger partial charge in [0.25, 0.3) is 5.91 Å². The molecule has 7 heteroatoms. The fourth-order valence-electron chi connectivity index (χ4n) is 2.31. The molecule has 0 saturated carbocycles. The van der Waals surface area contributed by atoms with E-state index < -0.39 is 11.9 Å². The lowest BCUT2D eigenvalue weighted by atomic mass is 10.2. The van der Waals surface area contributed by atoms with Crippen LogP contribution in [0.1, 0.15) is 26.3 Å². The summed E-state index contributed by atoms with van der Waals surface area (Å²) in [4.78, 5) is 24.4. The topological polar surface area (TPSA) is 67.8 Å². The molecular formula is C21H14Cl2N2O3. The van der Waals surface area contributed by atoms with Gasteiger partial charge < -0.3 is 4.74 Å². The molecule has 28 heavy (non-hydrogen) atoms. The predicted molar refractivity (Wildman–Crippen MR) is 109 cm³/mol. The van der Waals surface area contributed by atoms with Crippen molar-refractivity contribution in [1.29, 1.82) is 0 Å². The van der Waals surface area contributed by atoms with Gasteiger partial charge in [0.2, 0.25) is 0 Å². The fraction of sp³-hybridized carbons (Fsp3) is 0. The SMILES string of the molecule is O=C(Oc1ccccc1/C=N\NC(=O)c1ccc(Cl)cc1Cl)c1ccccc1. The number of hydrazone groups is 1. The molecule has 0 aliphatic carbocycles. The van der Waals surface area contributed by atoms with E-state index in [2.05, 4.69) is 10.5 Å². The minimum Gasteiger partial charge on any atom is -0.422 e. The fourth-order valence-corrected chi connectivity index (χ4v) is 2.80. The second-order valence-corrected chi connectivity index (χ2v) is 6.46. The van der Waals surface area contributed by atoms with Crippen molar-refractivity contribution in [2.75, 3.05) is 0 Å². The first-order valence-electron chi connectivity index (χ1n) is 8.19. The van der Waals surface area contributed by atoms with Gasteiger partial charge >= 0.3 is 5.97 Å². The highest BCUT2D eigenvalue weighted by Gasteiger charge is 2.11. The third-order valence-electron chi connectivity index (χ3n) is 3.68. The summed E-state index contributed by atoms with van der Waals surface area (Å²) in [6.45, 7) is 0. The number of carbonyl (C=O) groups is 2. The van der Waals surface area contributed by atoms with E-state index in [-0.39, 0.29) is 10.6 Å². The lowest BCUT2D eigenvalue weighted by molar-refractivity contribution is 0.0734. The van der Waals surface area contributed by atoms with Gasteiger partial charge in [-0.3, -0.25) is 4.79 Å². The Labute approximate surface area is 171 Å². The van der Waals surface area contributed by atoms with Crippen LogP contribution in [0.15, 0.2) is 77.9 Å². The zero-order valence-corrected chi connectivity index (χ0v) is 15.9. The number of hydrogen-bond acceptors (Lipinski definition) is 4. The average molecular weight is 413 g/mol. The number of nitrogens with zero attached hydrogens (tertiary/aromatic N) is 1. The van der Waals surface area contributed by atoms with Gasteiger partial charge in [0.1, 0.15) is 5.75 Å². The molecule has 3 rings (SSSR count). The largest absolute Gasteiger partial charge is 0.422 e. The number of nitrogens with one attached hydrogen (secondary N) is 1. The van der Waals surface area contributed by atoms with E-state index in [1.165, 1.54) is 18.3 Å². The third-order valence-corrected chi connectivity index (χ3v) is 4.22. The molecule has 0 unspecified atom stereocenters. The van der Waals surface area contributed by atoms with E-state index in [4.69, 9.17) is 27.9 Å². The number of amides is 1. The van der Waals surface area contributed by atoms with Gasteiger partial charge in [-0.05, 0) is 42.5 Å². The van der Waals surface area contributed by atoms with Crippen molar-refractivity contribution in [3.05, 3.63) is 99.5 Å². The number of rotatable bonds is 5. The van der Waals surface area contributed by atoms with Crippen molar-refractivity contribution in [3.8, 4) is 5.75 Å². The zero-order chi connectivity index (χ0) is 19.9. The second-order valence-electron chi connectivity index (χ2n) is 5.62. The lowest BCUT2D eigenvalue weighted by Crippen LogP contribution is -2.18. The maximum absolute atomic E-state index is 12.2. The van der Waals surface area contributed by atoms with E-state index in [0.717, 1.165) is 0 Å². The molecule has 0 saturated heterocycles. The summed E-state index contributed by atoms with van der Waals surface area (Å²) in [5.41, 5.74) is 3.58. The van der Waals surface area contributed by atoms with Crippen molar-refractivity contribution in [1.82, 2.24) is 5.43 Å². The Kier molecular flexibility index (Phi) is 6.42. The van der Waals surface area contributed by atoms with Gasteiger partial charge in [-0.1, -0.05) is 53.5 Å². The van der Waals surface area contributed by atoms with E-state index >= 15 is 0 Å². The van der Waals surface area contributed by atoms with Gasteiger partial charge in [-0.2, -0.15) is 5.10 Å². The molecule has 0 aliphatic heterocycles. The number of para-hydroxylation sites is 1.